The molecule has 4 heterocycles. The molecule has 2 nitrogen and oxygen atoms in total. The molecule has 0 saturated heterocycles. The van der Waals surface area contributed by atoms with Gasteiger partial charge in [-0.1, -0.05) is 228 Å². The van der Waals surface area contributed by atoms with E-state index in [0.29, 0.717) is 0 Å². The SMILES string of the molecule is CC1(C)c2ccccc2-c2ccc(-c3ccc4c(c3)c3cc(-c5ccc6c(c5)C(C)(C)c5ccccc5-6)cc5c3n4-c3cccc4c3B5c3cc5c6ccccc6c6ccccc6c5c5c6c7c8ccccc8c8ccccc8c7ccc6n-4c35)cc21. The van der Waals surface area contributed by atoms with E-state index < -0.39 is 0 Å². The summed E-state index contributed by atoms with van der Waals surface area (Å²) in [5, 5.41) is 20.8. The molecule has 0 atom stereocenters. The molecule has 402 valence electrons. The molecule has 87 heavy (non-hydrogen) atoms. The largest absolute Gasteiger partial charge is 0.310 e. The van der Waals surface area contributed by atoms with Crippen molar-refractivity contribution in [1.82, 2.24) is 9.13 Å². The van der Waals surface area contributed by atoms with E-state index in [-0.39, 0.29) is 17.5 Å². The maximum absolute atomic E-state index is 2.70. The van der Waals surface area contributed by atoms with Crippen LogP contribution in [0.15, 0.2) is 249 Å². The first-order valence-electron chi connectivity index (χ1n) is 31.0. The van der Waals surface area contributed by atoms with Gasteiger partial charge < -0.3 is 9.13 Å². The third kappa shape index (κ3) is 5.62. The molecule has 0 fully saturated rings. The van der Waals surface area contributed by atoms with Crippen LogP contribution in [0.2, 0.25) is 0 Å². The third-order valence-electron chi connectivity index (χ3n) is 21.8. The molecule has 0 bridgehead atoms. The molecule has 21 rings (SSSR count). The smallest absolute Gasteiger partial charge is 0.252 e. The van der Waals surface area contributed by atoms with Crippen molar-refractivity contribution >= 4 is 131 Å². The molecule has 0 spiro atoms. The lowest BCUT2D eigenvalue weighted by atomic mass is 9.34. The second-order valence-electron chi connectivity index (χ2n) is 26.5. The summed E-state index contributed by atoms with van der Waals surface area (Å²) >= 11 is 0. The van der Waals surface area contributed by atoms with Gasteiger partial charge in [-0.15, -0.1) is 0 Å². The molecule has 0 amide bonds. The highest BCUT2D eigenvalue weighted by atomic mass is 15.0. The predicted molar refractivity (Wildman–Crippen MR) is 371 cm³/mol. The molecule has 15 aromatic carbocycles. The first-order valence-corrected chi connectivity index (χ1v) is 31.0. The van der Waals surface area contributed by atoms with Crippen molar-refractivity contribution in [1.29, 1.82) is 0 Å². The maximum Gasteiger partial charge on any atom is 0.252 e. The molecule has 2 aliphatic heterocycles. The first-order chi connectivity index (χ1) is 42.7. The van der Waals surface area contributed by atoms with Gasteiger partial charge in [0.1, 0.15) is 0 Å². The summed E-state index contributed by atoms with van der Waals surface area (Å²) in [7, 11) is 0. The summed E-state index contributed by atoms with van der Waals surface area (Å²) in [4.78, 5) is 0. The van der Waals surface area contributed by atoms with E-state index in [9.17, 15) is 0 Å². The minimum absolute atomic E-state index is 0.0941. The molecule has 0 N–H and O–H groups in total. The molecule has 2 aromatic heterocycles. The zero-order chi connectivity index (χ0) is 57.1. The highest BCUT2D eigenvalue weighted by Crippen LogP contribution is 2.54. The second-order valence-corrected chi connectivity index (χ2v) is 26.5. The second kappa shape index (κ2) is 15.9. The fourth-order valence-electron chi connectivity index (χ4n) is 18.0. The van der Waals surface area contributed by atoms with Crippen LogP contribution in [0.25, 0.3) is 164 Å². The van der Waals surface area contributed by atoms with E-state index >= 15 is 0 Å². The van der Waals surface area contributed by atoms with Crippen LogP contribution in [0.4, 0.5) is 0 Å². The van der Waals surface area contributed by atoms with Crippen molar-refractivity contribution < 1.29 is 0 Å². The molecular weight excluding hydrogens is 1050 g/mol. The Bertz CT molecular complexity index is 6100. The lowest BCUT2D eigenvalue weighted by molar-refractivity contribution is 0.660. The lowest BCUT2D eigenvalue weighted by Crippen LogP contribution is -2.59. The van der Waals surface area contributed by atoms with Crippen LogP contribution in [0, 0.1) is 0 Å². The number of aromatic nitrogens is 2. The molecule has 0 radical (unpaired) electrons. The number of rotatable bonds is 2. The summed E-state index contributed by atoms with van der Waals surface area (Å²) < 4.78 is 5.35. The van der Waals surface area contributed by atoms with E-state index in [4.69, 9.17) is 0 Å². The van der Waals surface area contributed by atoms with E-state index in [0.717, 1.165) is 0 Å². The van der Waals surface area contributed by atoms with Crippen molar-refractivity contribution in [3.8, 4) is 55.9 Å². The fraction of sp³-hybridized carbons (Fsp3) is 0.0714. The Balaban J connectivity index is 0.919. The van der Waals surface area contributed by atoms with Gasteiger partial charge in [-0.25, -0.2) is 0 Å². The first kappa shape index (κ1) is 46.8. The topological polar surface area (TPSA) is 9.86 Å². The van der Waals surface area contributed by atoms with Gasteiger partial charge in [0.15, 0.2) is 0 Å². The number of benzene rings is 15. The van der Waals surface area contributed by atoms with Crippen molar-refractivity contribution in [2.24, 2.45) is 0 Å². The van der Waals surface area contributed by atoms with Crippen LogP contribution in [0.1, 0.15) is 49.9 Å². The van der Waals surface area contributed by atoms with Crippen molar-refractivity contribution in [3.05, 3.63) is 271 Å². The monoisotopic (exact) mass is 1100 g/mol. The molecule has 2 aliphatic carbocycles. The average Bonchev–Trinajstić information content (AvgIpc) is 1.57. The summed E-state index contributed by atoms with van der Waals surface area (Å²) in [6, 6.07) is 96.5. The van der Waals surface area contributed by atoms with Gasteiger partial charge in [-0.2, -0.15) is 0 Å². The fourth-order valence-corrected chi connectivity index (χ4v) is 18.0. The molecule has 17 aromatic rings. The molecule has 4 aliphatic rings. The Kier molecular flexibility index (Phi) is 8.55. The minimum Gasteiger partial charge on any atom is -0.310 e. The number of hydrogen-bond acceptors (Lipinski definition) is 0. The molecule has 3 heteroatoms. The van der Waals surface area contributed by atoms with Crippen LogP contribution >= 0.6 is 0 Å². The van der Waals surface area contributed by atoms with Gasteiger partial charge >= 0.3 is 0 Å². The summed E-state index contributed by atoms with van der Waals surface area (Å²) in [5.41, 5.74) is 27.3. The van der Waals surface area contributed by atoms with E-state index in [1.54, 1.807) is 0 Å². The highest BCUT2D eigenvalue weighted by molar-refractivity contribution is 7.00. The average molecular weight is 1100 g/mol. The van der Waals surface area contributed by atoms with Crippen LogP contribution in [0.5, 0.6) is 0 Å². The maximum atomic E-state index is 2.70. The quantitative estimate of drug-likeness (QED) is 0.121. The van der Waals surface area contributed by atoms with Gasteiger partial charge in [0.2, 0.25) is 0 Å². The van der Waals surface area contributed by atoms with Crippen LogP contribution < -0.4 is 16.4 Å². The third-order valence-corrected chi connectivity index (χ3v) is 21.8. The normalized spacial score (nSPS) is 14.6. The van der Waals surface area contributed by atoms with Crippen molar-refractivity contribution in [2.45, 2.75) is 38.5 Å². The van der Waals surface area contributed by atoms with Crippen molar-refractivity contribution in [2.75, 3.05) is 0 Å². The Morgan fingerprint density at radius 1 is 0.264 bits per heavy atom. The zero-order valence-corrected chi connectivity index (χ0v) is 48.6. The summed E-state index contributed by atoms with van der Waals surface area (Å²) in [6.07, 6.45) is 0. The van der Waals surface area contributed by atoms with Crippen LogP contribution in [-0.2, 0) is 10.8 Å². The van der Waals surface area contributed by atoms with Gasteiger partial charge in [-0.05, 0) is 186 Å². The summed E-state index contributed by atoms with van der Waals surface area (Å²) in [6.45, 7) is 9.51. The molecule has 0 saturated carbocycles. The zero-order valence-electron chi connectivity index (χ0n) is 48.6. The van der Waals surface area contributed by atoms with Gasteiger partial charge in [0.05, 0.1) is 16.6 Å². The number of hydrogen-bond donors (Lipinski definition) is 0. The molecule has 0 unspecified atom stereocenters. The van der Waals surface area contributed by atoms with E-state index in [1.807, 2.05) is 0 Å². The standard InChI is InChI=1S/C84H53BN2/c1-83(2)66-28-15-13-24-56(66)58-35-32-47(42-68(58)83)46-34-38-72-63(40-46)65-41-49(48-33-36-59-57-25-14-16-29-67(57)84(3,4)69(59)43-48)44-70-81(65)86(72)74-30-17-31-75-80(74)85(70)71-45-64-55-23-8-6-19-51(55)53-21-10-12-27-61(53)77(64)79-78-73(87(75)82(71)79)39-37-62-54-22-7-5-18-50(54)52-20-9-11-26-60(52)76(62)78/h5-45H,1-4H3. The van der Waals surface area contributed by atoms with Gasteiger partial charge in [0.25, 0.3) is 6.71 Å². The Morgan fingerprint density at radius 2 is 0.690 bits per heavy atom. The highest BCUT2D eigenvalue weighted by Gasteiger charge is 2.43. The van der Waals surface area contributed by atoms with Crippen molar-refractivity contribution in [3.63, 3.8) is 0 Å². The summed E-state index contributed by atoms with van der Waals surface area (Å²) in [5.74, 6) is 0. The van der Waals surface area contributed by atoms with Gasteiger partial charge in [0, 0.05) is 60.0 Å². The number of fused-ring (bicyclic) bond motifs is 30. The van der Waals surface area contributed by atoms with Crippen LogP contribution in [0.3, 0.4) is 0 Å². The predicted octanol–water partition coefficient (Wildman–Crippen LogP) is 19.9. The van der Waals surface area contributed by atoms with Gasteiger partial charge in [-0.3, -0.25) is 0 Å². The number of nitrogens with zero attached hydrogens (tertiary/aromatic N) is 2. The van der Waals surface area contributed by atoms with E-state index in [1.165, 1.54) is 203 Å². The Labute approximate surface area is 502 Å². The molecular formula is C84H53BN2. The lowest BCUT2D eigenvalue weighted by Gasteiger charge is -2.34. The Morgan fingerprint density at radius 3 is 1.29 bits per heavy atom. The van der Waals surface area contributed by atoms with E-state index in [2.05, 4.69) is 286 Å². The minimum atomic E-state index is -0.146. The Hall–Kier alpha value is -10.5. The van der Waals surface area contributed by atoms with Crippen LogP contribution in [-0.4, -0.2) is 15.8 Å².